The van der Waals surface area contributed by atoms with E-state index in [0.717, 1.165) is 30.6 Å². The molecule has 1 aromatic rings. The van der Waals surface area contributed by atoms with E-state index in [9.17, 15) is 0 Å². The van der Waals surface area contributed by atoms with E-state index < -0.39 is 0 Å². The van der Waals surface area contributed by atoms with Crippen molar-refractivity contribution in [3.63, 3.8) is 0 Å². The molecule has 1 saturated heterocycles. The van der Waals surface area contributed by atoms with Crippen LogP contribution in [0.1, 0.15) is 49.4 Å². The molecule has 0 aliphatic carbocycles. The summed E-state index contributed by atoms with van der Waals surface area (Å²) in [4.78, 5) is 12.5. The van der Waals surface area contributed by atoms with E-state index in [0.29, 0.717) is 5.41 Å². The normalized spacial score (nSPS) is 22.4. The van der Waals surface area contributed by atoms with E-state index in [1.807, 2.05) is 20.2 Å². The number of aromatic nitrogens is 1. The molecule has 2 heterocycles. The summed E-state index contributed by atoms with van der Waals surface area (Å²) in [6.07, 6.45) is 7.11. The average molecular weight is 436 g/mol. The SMILES string of the molecule is CCCC1(C)CCCN(C(=NC)NCc2cnc(C)s2)C1.I. The van der Waals surface area contributed by atoms with Gasteiger partial charge in [-0.2, -0.15) is 0 Å². The number of thiazole rings is 1. The number of likely N-dealkylation sites (tertiary alicyclic amines) is 1. The predicted molar refractivity (Wildman–Crippen MR) is 106 cm³/mol. The topological polar surface area (TPSA) is 40.5 Å². The van der Waals surface area contributed by atoms with Crippen LogP contribution in [-0.2, 0) is 6.54 Å². The molecule has 22 heavy (non-hydrogen) atoms. The van der Waals surface area contributed by atoms with Gasteiger partial charge in [-0.1, -0.05) is 20.3 Å². The molecular weight excluding hydrogens is 407 g/mol. The second kappa shape index (κ2) is 9.05. The van der Waals surface area contributed by atoms with Gasteiger partial charge in [-0.3, -0.25) is 4.99 Å². The van der Waals surface area contributed by atoms with Crippen molar-refractivity contribution < 1.29 is 0 Å². The van der Waals surface area contributed by atoms with Crippen molar-refractivity contribution in [2.45, 2.75) is 53.0 Å². The molecule has 1 aromatic heterocycles. The number of nitrogens with zero attached hydrogens (tertiary/aromatic N) is 3. The lowest BCUT2D eigenvalue weighted by Crippen LogP contribution is -2.49. The zero-order valence-electron chi connectivity index (χ0n) is 14.2. The summed E-state index contributed by atoms with van der Waals surface area (Å²) in [5.74, 6) is 1.03. The van der Waals surface area contributed by atoms with Crippen LogP contribution in [0, 0.1) is 12.3 Å². The lowest BCUT2D eigenvalue weighted by atomic mass is 9.78. The second-order valence-electron chi connectivity index (χ2n) is 6.33. The standard InChI is InChI=1S/C16H28N4S.HI/c1-5-7-16(3)8-6-9-20(12-16)15(17-4)19-11-14-10-18-13(2)21-14;/h10H,5-9,11-12H2,1-4H3,(H,17,19);1H. The first kappa shape index (κ1) is 19.7. The maximum atomic E-state index is 4.47. The molecule has 0 radical (unpaired) electrons. The highest BCUT2D eigenvalue weighted by Crippen LogP contribution is 2.33. The Morgan fingerprint density at radius 3 is 2.91 bits per heavy atom. The van der Waals surface area contributed by atoms with Crippen LogP contribution < -0.4 is 5.32 Å². The van der Waals surface area contributed by atoms with Crippen molar-refractivity contribution in [2.24, 2.45) is 10.4 Å². The number of hydrogen-bond acceptors (Lipinski definition) is 3. The molecule has 0 aromatic carbocycles. The fourth-order valence-electron chi connectivity index (χ4n) is 3.29. The van der Waals surface area contributed by atoms with Crippen LogP contribution in [0.4, 0.5) is 0 Å². The molecule has 0 saturated carbocycles. The minimum atomic E-state index is 0. The number of hydrogen-bond donors (Lipinski definition) is 1. The van der Waals surface area contributed by atoms with Crippen LogP contribution in [0.15, 0.2) is 11.2 Å². The maximum absolute atomic E-state index is 4.47. The van der Waals surface area contributed by atoms with Gasteiger partial charge in [0.2, 0.25) is 0 Å². The lowest BCUT2D eigenvalue weighted by molar-refractivity contribution is 0.142. The molecule has 1 atom stereocenters. The highest BCUT2D eigenvalue weighted by Gasteiger charge is 2.31. The van der Waals surface area contributed by atoms with Gasteiger partial charge >= 0.3 is 0 Å². The van der Waals surface area contributed by atoms with Gasteiger partial charge in [0.25, 0.3) is 0 Å². The first-order chi connectivity index (χ1) is 10.1. The number of halogens is 1. The van der Waals surface area contributed by atoms with Crippen molar-refractivity contribution in [3.8, 4) is 0 Å². The van der Waals surface area contributed by atoms with Crippen molar-refractivity contribution in [1.82, 2.24) is 15.2 Å². The second-order valence-corrected chi connectivity index (χ2v) is 7.65. The van der Waals surface area contributed by atoms with E-state index in [1.165, 1.54) is 30.6 Å². The summed E-state index contributed by atoms with van der Waals surface area (Å²) < 4.78 is 0. The monoisotopic (exact) mass is 436 g/mol. The zero-order valence-corrected chi connectivity index (χ0v) is 17.3. The van der Waals surface area contributed by atoms with Crippen LogP contribution in [0.5, 0.6) is 0 Å². The van der Waals surface area contributed by atoms with Crippen LogP contribution in [0.25, 0.3) is 0 Å². The molecule has 0 amide bonds. The quantitative estimate of drug-likeness (QED) is 0.440. The third kappa shape index (κ3) is 5.37. The highest BCUT2D eigenvalue weighted by molar-refractivity contribution is 14.0. The first-order valence-electron chi connectivity index (χ1n) is 7.93. The highest BCUT2D eigenvalue weighted by atomic mass is 127. The van der Waals surface area contributed by atoms with Gasteiger partial charge in [0.05, 0.1) is 11.6 Å². The molecule has 0 spiro atoms. The van der Waals surface area contributed by atoms with Gasteiger partial charge in [0, 0.05) is 31.2 Å². The lowest BCUT2D eigenvalue weighted by Gasteiger charge is -2.42. The summed E-state index contributed by atoms with van der Waals surface area (Å²) in [5.41, 5.74) is 0.436. The van der Waals surface area contributed by atoms with E-state index in [2.05, 4.69) is 34.0 Å². The molecule has 1 aliphatic rings. The molecule has 4 nitrogen and oxygen atoms in total. The molecule has 1 unspecified atom stereocenters. The van der Waals surface area contributed by atoms with Crippen molar-refractivity contribution in [2.75, 3.05) is 20.1 Å². The molecule has 2 rings (SSSR count). The third-order valence-corrected chi connectivity index (χ3v) is 5.15. The Morgan fingerprint density at radius 2 is 2.32 bits per heavy atom. The van der Waals surface area contributed by atoms with Gasteiger partial charge in [-0.15, -0.1) is 35.3 Å². The summed E-state index contributed by atoms with van der Waals surface area (Å²) >= 11 is 1.75. The fourth-order valence-corrected chi connectivity index (χ4v) is 4.02. The third-order valence-electron chi connectivity index (χ3n) is 4.24. The summed E-state index contributed by atoms with van der Waals surface area (Å²) in [6.45, 7) is 9.79. The van der Waals surface area contributed by atoms with Crippen molar-refractivity contribution in [1.29, 1.82) is 0 Å². The Balaban J connectivity index is 0.00000242. The van der Waals surface area contributed by atoms with Gasteiger partial charge in [0.15, 0.2) is 5.96 Å². The molecule has 1 fully saturated rings. The van der Waals surface area contributed by atoms with Crippen LogP contribution >= 0.6 is 35.3 Å². The number of piperidine rings is 1. The van der Waals surface area contributed by atoms with Crippen molar-refractivity contribution >= 4 is 41.3 Å². The number of guanidine groups is 1. The average Bonchev–Trinajstić information content (AvgIpc) is 2.85. The largest absolute Gasteiger partial charge is 0.351 e. The fraction of sp³-hybridized carbons (Fsp3) is 0.750. The van der Waals surface area contributed by atoms with E-state index >= 15 is 0 Å². The van der Waals surface area contributed by atoms with Gasteiger partial charge in [-0.25, -0.2) is 4.98 Å². The van der Waals surface area contributed by atoms with Gasteiger partial charge in [0.1, 0.15) is 0 Å². The Morgan fingerprint density at radius 1 is 1.55 bits per heavy atom. The smallest absolute Gasteiger partial charge is 0.193 e. The summed E-state index contributed by atoms with van der Waals surface area (Å²) in [5, 5.41) is 4.62. The first-order valence-corrected chi connectivity index (χ1v) is 8.75. The summed E-state index contributed by atoms with van der Waals surface area (Å²) in [6, 6.07) is 0. The predicted octanol–water partition coefficient (Wildman–Crippen LogP) is 4.05. The number of rotatable bonds is 4. The molecular formula is C16H29IN4S. The van der Waals surface area contributed by atoms with Crippen LogP contribution in [0.3, 0.4) is 0 Å². The Labute approximate surface area is 155 Å². The molecule has 6 heteroatoms. The number of nitrogens with one attached hydrogen (secondary N) is 1. The summed E-state index contributed by atoms with van der Waals surface area (Å²) in [7, 11) is 1.88. The Hall–Kier alpha value is -0.370. The minimum Gasteiger partial charge on any atom is -0.351 e. The van der Waals surface area contributed by atoms with E-state index in [1.54, 1.807) is 11.3 Å². The molecule has 1 aliphatic heterocycles. The Kier molecular flexibility index (Phi) is 8.10. The number of aryl methyl sites for hydroxylation is 1. The van der Waals surface area contributed by atoms with Crippen LogP contribution in [-0.4, -0.2) is 36.0 Å². The van der Waals surface area contributed by atoms with Gasteiger partial charge in [-0.05, 0) is 31.6 Å². The minimum absolute atomic E-state index is 0. The van der Waals surface area contributed by atoms with Crippen molar-refractivity contribution in [3.05, 3.63) is 16.1 Å². The molecule has 1 N–H and O–H groups in total. The molecule has 0 bridgehead atoms. The van der Waals surface area contributed by atoms with E-state index in [-0.39, 0.29) is 24.0 Å². The maximum Gasteiger partial charge on any atom is 0.193 e. The van der Waals surface area contributed by atoms with Crippen LogP contribution in [0.2, 0.25) is 0 Å². The van der Waals surface area contributed by atoms with E-state index in [4.69, 9.17) is 0 Å². The van der Waals surface area contributed by atoms with Gasteiger partial charge < -0.3 is 10.2 Å². The Bertz CT molecular complexity index is 484. The zero-order chi connectivity index (χ0) is 15.3. The number of aliphatic imine (C=N–C) groups is 1. The molecule has 126 valence electrons.